The highest BCUT2D eigenvalue weighted by atomic mass is 28.4. The largest absolute Gasteiger partial charge is 0.543 e. The van der Waals surface area contributed by atoms with Crippen molar-refractivity contribution in [3.8, 4) is 17.6 Å². The molecule has 3 fully saturated rings. The Bertz CT molecular complexity index is 989. The van der Waals surface area contributed by atoms with Crippen molar-refractivity contribution in [2.75, 3.05) is 0 Å². The van der Waals surface area contributed by atoms with Gasteiger partial charge in [-0.1, -0.05) is 45.6 Å². The van der Waals surface area contributed by atoms with Gasteiger partial charge in [0.05, 0.1) is 5.92 Å². The van der Waals surface area contributed by atoms with Crippen molar-refractivity contribution in [2.45, 2.75) is 95.9 Å². The van der Waals surface area contributed by atoms with Gasteiger partial charge in [-0.05, 0) is 123 Å². The fourth-order valence-electron chi connectivity index (χ4n) is 6.92. The van der Waals surface area contributed by atoms with E-state index in [1.807, 2.05) is 25.7 Å². The van der Waals surface area contributed by atoms with Gasteiger partial charge in [-0.2, -0.15) is 0 Å². The van der Waals surface area contributed by atoms with Gasteiger partial charge in [0.2, 0.25) is 8.32 Å². The first-order chi connectivity index (χ1) is 15.9. The smallest absolute Gasteiger partial charge is 0.250 e. The van der Waals surface area contributed by atoms with E-state index in [2.05, 4.69) is 70.8 Å². The van der Waals surface area contributed by atoms with E-state index in [1.54, 1.807) is 5.56 Å². The molecular weight excluding hydrogens is 432 g/mol. The van der Waals surface area contributed by atoms with Crippen molar-refractivity contribution in [1.29, 1.82) is 0 Å². The topological polar surface area (TPSA) is 29.5 Å². The summed E-state index contributed by atoms with van der Waals surface area (Å²) in [5.74, 6) is 10.5. The molecule has 4 aliphatic rings. The van der Waals surface area contributed by atoms with Crippen molar-refractivity contribution in [3.63, 3.8) is 0 Å². The zero-order valence-electron chi connectivity index (χ0n) is 21.9. The first kappa shape index (κ1) is 24.5. The second kappa shape index (κ2) is 8.41. The molecule has 0 aliphatic heterocycles. The summed E-state index contributed by atoms with van der Waals surface area (Å²) in [5, 5.41) is 12.0. The zero-order valence-corrected chi connectivity index (χ0v) is 22.9. The van der Waals surface area contributed by atoms with E-state index in [0.29, 0.717) is 17.8 Å². The molecule has 4 aliphatic carbocycles. The summed E-state index contributed by atoms with van der Waals surface area (Å²) in [4.78, 5) is 0. The summed E-state index contributed by atoms with van der Waals surface area (Å²) in [6.07, 6.45) is 14.5. The SMILES string of the molecule is CC(C)(C)[Si](C)(C)Oc1ccc2c(c1)CC[C@@H]1[C@@H]2CC[C@@]2(C)[C@H]1CCC2(O)C#C[C]1[CH][CH][CH][CH]1. The van der Waals surface area contributed by atoms with Crippen LogP contribution in [-0.2, 0) is 6.42 Å². The molecular formula is C31H41O2Si. The summed E-state index contributed by atoms with van der Waals surface area (Å²) in [7, 11) is -1.84. The molecule has 0 heterocycles. The molecule has 1 aromatic rings. The van der Waals surface area contributed by atoms with Crippen LogP contribution in [0.15, 0.2) is 18.2 Å². The summed E-state index contributed by atoms with van der Waals surface area (Å²) in [5.41, 5.74) is 2.04. The van der Waals surface area contributed by atoms with E-state index in [9.17, 15) is 5.11 Å². The third-order valence-corrected chi connectivity index (χ3v) is 14.5. The third-order valence-electron chi connectivity index (χ3n) is 10.1. The zero-order chi connectivity index (χ0) is 24.4. The minimum atomic E-state index is -1.84. The van der Waals surface area contributed by atoms with Crippen LogP contribution in [0.25, 0.3) is 0 Å². The predicted octanol–water partition coefficient (Wildman–Crippen LogP) is 7.07. The van der Waals surface area contributed by atoms with Crippen molar-refractivity contribution < 1.29 is 9.53 Å². The van der Waals surface area contributed by atoms with Crippen molar-refractivity contribution in [1.82, 2.24) is 0 Å². The number of aliphatic hydroxyl groups is 1. The molecule has 0 saturated heterocycles. The molecule has 5 radical (unpaired) electrons. The fourth-order valence-corrected chi connectivity index (χ4v) is 7.95. The van der Waals surface area contributed by atoms with Crippen LogP contribution in [0.2, 0.25) is 18.1 Å². The van der Waals surface area contributed by atoms with Gasteiger partial charge in [0, 0.05) is 5.41 Å². The molecule has 181 valence electrons. The molecule has 0 bridgehead atoms. The maximum Gasteiger partial charge on any atom is 0.250 e. The number of fused-ring (bicyclic) bond motifs is 5. The standard InChI is InChI=1S/C31H41O2Si/c1-29(2,3)34(5,6)33-24-12-14-25-23(21-24)11-13-27-26(25)16-18-30(4)28(27)17-20-31(30,32)19-15-22-9-7-8-10-22/h7-10,12,14,21,26-28,32H,11,13,16-18,20H2,1-6H3/t26-,27-,28+,30+,31?/m1/s1. The van der Waals surface area contributed by atoms with Crippen LogP contribution in [0.4, 0.5) is 0 Å². The Morgan fingerprint density at radius 2 is 1.79 bits per heavy atom. The van der Waals surface area contributed by atoms with Crippen LogP contribution in [0, 0.1) is 60.7 Å². The summed E-state index contributed by atoms with van der Waals surface area (Å²) in [6, 6.07) is 6.94. The van der Waals surface area contributed by atoms with Gasteiger partial charge in [-0.25, -0.2) is 0 Å². The molecule has 2 nitrogen and oxygen atoms in total. The Morgan fingerprint density at radius 3 is 2.50 bits per heavy atom. The molecule has 0 spiro atoms. The Morgan fingerprint density at radius 1 is 1.06 bits per heavy atom. The number of benzene rings is 1. The Kier molecular flexibility index (Phi) is 6.05. The number of rotatable bonds is 2. The second-order valence-electron chi connectivity index (χ2n) is 12.9. The van der Waals surface area contributed by atoms with Crippen LogP contribution >= 0.6 is 0 Å². The second-order valence-corrected chi connectivity index (χ2v) is 17.6. The Hall–Kier alpha value is -1.24. The van der Waals surface area contributed by atoms with Gasteiger partial charge in [0.25, 0.3) is 0 Å². The molecule has 34 heavy (non-hydrogen) atoms. The van der Waals surface area contributed by atoms with Crippen LogP contribution in [0.3, 0.4) is 0 Å². The van der Waals surface area contributed by atoms with Gasteiger partial charge in [0.1, 0.15) is 11.4 Å². The van der Waals surface area contributed by atoms with Crippen LogP contribution < -0.4 is 4.43 Å². The van der Waals surface area contributed by atoms with Crippen molar-refractivity contribution in [3.05, 3.63) is 60.9 Å². The number of hydrogen-bond donors (Lipinski definition) is 1. The third kappa shape index (κ3) is 3.98. The molecule has 3 heteroatoms. The lowest BCUT2D eigenvalue weighted by atomic mass is 9.53. The predicted molar refractivity (Wildman–Crippen MR) is 142 cm³/mol. The van der Waals surface area contributed by atoms with E-state index in [4.69, 9.17) is 4.43 Å². The summed E-state index contributed by atoms with van der Waals surface area (Å²) < 4.78 is 6.63. The molecule has 1 aromatic carbocycles. The lowest BCUT2D eigenvalue weighted by molar-refractivity contribution is -0.0648. The maximum atomic E-state index is 11.8. The molecule has 1 unspecified atom stereocenters. The average Bonchev–Trinajstić information content (AvgIpc) is 3.37. The van der Waals surface area contributed by atoms with Crippen LogP contribution in [-0.4, -0.2) is 19.0 Å². The Labute approximate surface area is 209 Å². The molecule has 0 aromatic heterocycles. The fraction of sp³-hybridized carbons (Fsp3) is 0.581. The van der Waals surface area contributed by atoms with Crippen molar-refractivity contribution >= 4 is 8.32 Å². The molecule has 5 atom stereocenters. The monoisotopic (exact) mass is 473 g/mol. The highest BCUT2D eigenvalue weighted by Crippen LogP contribution is 2.64. The first-order valence-electron chi connectivity index (χ1n) is 13.2. The number of hydrogen-bond acceptors (Lipinski definition) is 2. The maximum absolute atomic E-state index is 11.8. The molecule has 5 rings (SSSR count). The summed E-state index contributed by atoms with van der Waals surface area (Å²) >= 11 is 0. The highest BCUT2D eigenvalue weighted by molar-refractivity contribution is 6.74. The lowest BCUT2D eigenvalue weighted by Gasteiger charge is -2.52. The normalized spacial score (nSPS) is 35.7. The number of aryl methyl sites for hydroxylation is 1. The van der Waals surface area contributed by atoms with Gasteiger partial charge >= 0.3 is 0 Å². The van der Waals surface area contributed by atoms with Gasteiger partial charge in [0.15, 0.2) is 0 Å². The minimum absolute atomic E-state index is 0.114. The highest BCUT2D eigenvalue weighted by Gasteiger charge is 2.61. The first-order valence-corrected chi connectivity index (χ1v) is 16.1. The van der Waals surface area contributed by atoms with E-state index in [0.717, 1.165) is 43.8 Å². The molecule has 0 amide bonds. The summed E-state index contributed by atoms with van der Waals surface area (Å²) in [6.45, 7) is 13.9. The van der Waals surface area contributed by atoms with Crippen LogP contribution in [0.5, 0.6) is 5.75 Å². The van der Waals surface area contributed by atoms with Crippen LogP contribution in [0.1, 0.15) is 76.8 Å². The van der Waals surface area contributed by atoms with E-state index in [-0.39, 0.29) is 10.5 Å². The molecule has 1 N–H and O–H groups in total. The van der Waals surface area contributed by atoms with E-state index >= 15 is 0 Å². The van der Waals surface area contributed by atoms with E-state index in [1.165, 1.54) is 12.0 Å². The minimum Gasteiger partial charge on any atom is -0.543 e. The molecule has 3 saturated carbocycles. The van der Waals surface area contributed by atoms with Gasteiger partial charge in [-0.3, -0.25) is 0 Å². The van der Waals surface area contributed by atoms with E-state index < -0.39 is 13.9 Å². The quantitative estimate of drug-likeness (QED) is 0.368. The Balaban J connectivity index is 1.36. The lowest BCUT2D eigenvalue weighted by Crippen LogP contribution is -2.50. The van der Waals surface area contributed by atoms with Gasteiger partial charge in [-0.15, -0.1) is 0 Å². The average molecular weight is 474 g/mol. The van der Waals surface area contributed by atoms with Gasteiger partial charge < -0.3 is 9.53 Å². The van der Waals surface area contributed by atoms with Crippen molar-refractivity contribution in [2.24, 2.45) is 17.3 Å².